The van der Waals surface area contributed by atoms with E-state index in [1.54, 1.807) is 18.9 Å². The molecule has 0 bridgehead atoms. The van der Waals surface area contributed by atoms with Crippen molar-refractivity contribution in [1.82, 2.24) is 19.7 Å². The molecule has 94 valence electrons. The van der Waals surface area contributed by atoms with Gasteiger partial charge in [0.05, 0.1) is 5.69 Å². The van der Waals surface area contributed by atoms with E-state index in [1.807, 2.05) is 41.1 Å². The molecule has 0 radical (unpaired) electrons. The van der Waals surface area contributed by atoms with Gasteiger partial charge < -0.3 is 5.32 Å². The topological polar surface area (TPSA) is 55.6 Å². The van der Waals surface area contributed by atoms with Gasteiger partial charge in [-0.3, -0.25) is 9.55 Å². The molecule has 0 unspecified atom stereocenters. The molecule has 2 heterocycles. The lowest BCUT2D eigenvalue weighted by atomic mass is 10.2. The molecule has 5 heteroatoms. The molecule has 1 aromatic carbocycles. The molecule has 0 fully saturated rings. The van der Waals surface area contributed by atoms with E-state index in [0.29, 0.717) is 0 Å². The number of hydrogen-bond acceptors (Lipinski definition) is 4. The summed E-state index contributed by atoms with van der Waals surface area (Å²) in [5, 5.41) is 11.0. The minimum Gasteiger partial charge on any atom is -0.381 e. The van der Waals surface area contributed by atoms with Crippen LogP contribution in [-0.2, 0) is 6.54 Å². The number of anilines is 1. The smallest absolute Gasteiger partial charge is 0.123 e. The first-order chi connectivity index (χ1) is 9.42. The fraction of sp³-hybridized carbons (Fsp3) is 0.0714. The Labute approximate surface area is 111 Å². The number of benzene rings is 1. The molecule has 0 aliphatic carbocycles. The van der Waals surface area contributed by atoms with Crippen molar-refractivity contribution < 1.29 is 0 Å². The summed E-state index contributed by atoms with van der Waals surface area (Å²) < 4.78 is 1.87. The number of nitrogens with one attached hydrogen (secondary N) is 1. The van der Waals surface area contributed by atoms with Crippen LogP contribution in [0.3, 0.4) is 0 Å². The Hall–Kier alpha value is -2.69. The van der Waals surface area contributed by atoms with Crippen LogP contribution in [0, 0.1) is 0 Å². The number of rotatable bonds is 4. The van der Waals surface area contributed by atoms with Crippen molar-refractivity contribution in [3.8, 4) is 5.69 Å². The van der Waals surface area contributed by atoms with Crippen molar-refractivity contribution in [3.63, 3.8) is 0 Å². The van der Waals surface area contributed by atoms with E-state index in [0.717, 1.165) is 23.5 Å². The third-order valence-electron chi connectivity index (χ3n) is 2.78. The largest absolute Gasteiger partial charge is 0.381 e. The van der Waals surface area contributed by atoms with E-state index in [1.165, 1.54) is 0 Å². The van der Waals surface area contributed by atoms with Crippen LogP contribution < -0.4 is 5.32 Å². The highest BCUT2D eigenvalue weighted by molar-refractivity contribution is 5.51. The van der Waals surface area contributed by atoms with Crippen molar-refractivity contribution in [2.45, 2.75) is 6.54 Å². The van der Waals surface area contributed by atoms with Gasteiger partial charge in [0.25, 0.3) is 0 Å². The molecule has 1 N–H and O–H groups in total. The first kappa shape index (κ1) is 11.4. The van der Waals surface area contributed by atoms with Gasteiger partial charge in [-0.1, -0.05) is 12.1 Å². The van der Waals surface area contributed by atoms with E-state index in [4.69, 9.17) is 0 Å². The average Bonchev–Trinajstić information content (AvgIpc) is 3.01. The first-order valence-corrected chi connectivity index (χ1v) is 6.00. The van der Waals surface area contributed by atoms with Crippen LogP contribution >= 0.6 is 0 Å². The van der Waals surface area contributed by atoms with Gasteiger partial charge in [0.2, 0.25) is 0 Å². The second kappa shape index (κ2) is 5.30. The zero-order valence-electron chi connectivity index (χ0n) is 10.3. The average molecular weight is 251 g/mol. The highest BCUT2D eigenvalue weighted by atomic mass is 15.2. The predicted molar refractivity (Wildman–Crippen MR) is 72.9 cm³/mol. The van der Waals surface area contributed by atoms with Gasteiger partial charge in [-0.2, -0.15) is 0 Å². The minimum atomic E-state index is 0.749. The molecule has 5 nitrogen and oxygen atoms in total. The van der Waals surface area contributed by atoms with E-state index >= 15 is 0 Å². The molecule has 0 amide bonds. The lowest BCUT2D eigenvalue weighted by Gasteiger charge is -2.08. The van der Waals surface area contributed by atoms with Gasteiger partial charge in [-0.25, -0.2) is 0 Å². The summed E-state index contributed by atoms with van der Waals surface area (Å²) in [6.45, 7) is 0.749. The summed E-state index contributed by atoms with van der Waals surface area (Å²) in [4.78, 5) is 4.09. The van der Waals surface area contributed by atoms with Crippen molar-refractivity contribution in [1.29, 1.82) is 0 Å². The van der Waals surface area contributed by atoms with E-state index in [-0.39, 0.29) is 0 Å². The Bertz CT molecular complexity index is 634. The minimum absolute atomic E-state index is 0.749. The predicted octanol–water partition coefficient (Wildman–Crippen LogP) is 2.27. The van der Waals surface area contributed by atoms with E-state index in [2.05, 4.69) is 26.6 Å². The molecule has 0 saturated carbocycles. The van der Waals surface area contributed by atoms with Crippen molar-refractivity contribution >= 4 is 5.69 Å². The Morgan fingerprint density at radius 2 is 1.95 bits per heavy atom. The van der Waals surface area contributed by atoms with Gasteiger partial charge >= 0.3 is 0 Å². The quantitative estimate of drug-likeness (QED) is 0.773. The summed E-state index contributed by atoms with van der Waals surface area (Å²) in [6, 6.07) is 12.1. The number of pyridine rings is 1. The van der Waals surface area contributed by atoms with Gasteiger partial charge in [-0.15, -0.1) is 10.2 Å². The molecule has 19 heavy (non-hydrogen) atoms. The van der Waals surface area contributed by atoms with Crippen LogP contribution in [0.25, 0.3) is 5.69 Å². The third kappa shape index (κ3) is 2.77. The van der Waals surface area contributed by atoms with Crippen molar-refractivity contribution in [2.75, 3.05) is 5.32 Å². The maximum absolute atomic E-state index is 4.09. The molecule has 0 saturated heterocycles. The maximum atomic E-state index is 4.09. The summed E-state index contributed by atoms with van der Waals surface area (Å²) in [5.74, 6) is 0. The van der Waals surface area contributed by atoms with Crippen molar-refractivity contribution in [2.24, 2.45) is 0 Å². The molecular weight excluding hydrogens is 238 g/mol. The highest BCUT2D eigenvalue weighted by Gasteiger charge is 1.98. The van der Waals surface area contributed by atoms with Gasteiger partial charge in [0.1, 0.15) is 12.7 Å². The second-order valence-electron chi connectivity index (χ2n) is 4.13. The molecule has 0 aliphatic heterocycles. The fourth-order valence-electron chi connectivity index (χ4n) is 1.82. The Morgan fingerprint density at radius 3 is 2.74 bits per heavy atom. The van der Waals surface area contributed by atoms with Crippen LogP contribution in [-0.4, -0.2) is 19.7 Å². The third-order valence-corrected chi connectivity index (χ3v) is 2.78. The fourth-order valence-corrected chi connectivity index (χ4v) is 1.82. The maximum Gasteiger partial charge on any atom is 0.123 e. The summed E-state index contributed by atoms with van der Waals surface area (Å²) in [6.07, 6.45) is 6.99. The van der Waals surface area contributed by atoms with Crippen LogP contribution in [0.15, 0.2) is 61.4 Å². The molecular formula is C14H13N5. The summed E-state index contributed by atoms with van der Waals surface area (Å²) in [7, 11) is 0. The van der Waals surface area contributed by atoms with E-state index in [9.17, 15) is 0 Å². The number of nitrogens with zero attached hydrogens (tertiary/aromatic N) is 4. The highest BCUT2D eigenvalue weighted by Crippen LogP contribution is 2.14. The monoisotopic (exact) mass is 251 g/mol. The zero-order valence-corrected chi connectivity index (χ0v) is 10.3. The summed E-state index contributed by atoms with van der Waals surface area (Å²) in [5.41, 5.74) is 3.23. The van der Waals surface area contributed by atoms with Crippen LogP contribution in [0.5, 0.6) is 0 Å². The summed E-state index contributed by atoms with van der Waals surface area (Å²) >= 11 is 0. The molecule has 0 atom stereocenters. The Balaban J connectivity index is 1.74. The van der Waals surface area contributed by atoms with Crippen LogP contribution in [0.4, 0.5) is 5.69 Å². The Morgan fingerprint density at radius 1 is 1.05 bits per heavy atom. The normalized spacial score (nSPS) is 10.3. The number of aromatic nitrogens is 4. The molecule has 0 aliphatic rings. The van der Waals surface area contributed by atoms with Gasteiger partial charge in [0.15, 0.2) is 0 Å². The second-order valence-corrected chi connectivity index (χ2v) is 4.13. The SMILES string of the molecule is c1cncc(CNc2cccc(-n3cnnc3)c2)c1. The zero-order chi connectivity index (χ0) is 12.9. The standard InChI is InChI=1S/C14H13N5/c1-4-13(16-9-12-3-2-6-15-8-12)7-14(5-1)19-10-17-18-11-19/h1-8,10-11,16H,9H2. The molecule has 2 aromatic heterocycles. The lowest BCUT2D eigenvalue weighted by Crippen LogP contribution is -2.00. The van der Waals surface area contributed by atoms with Crippen molar-refractivity contribution in [3.05, 3.63) is 67.0 Å². The van der Waals surface area contributed by atoms with Crippen LogP contribution in [0.2, 0.25) is 0 Å². The lowest BCUT2D eigenvalue weighted by molar-refractivity contribution is 1.05. The van der Waals surface area contributed by atoms with Crippen LogP contribution in [0.1, 0.15) is 5.56 Å². The van der Waals surface area contributed by atoms with E-state index < -0.39 is 0 Å². The van der Waals surface area contributed by atoms with Gasteiger partial charge in [0, 0.05) is 24.6 Å². The number of hydrogen-bond donors (Lipinski definition) is 1. The Kier molecular flexibility index (Phi) is 3.18. The molecule has 0 spiro atoms. The first-order valence-electron chi connectivity index (χ1n) is 6.00. The molecule has 3 aromatic rings. The van der Waals surface area contributed by atoms with Gasteiger partial charge in [-0.05, 0) is 29.8 Å². The molecule has 3 rings (SSSR count).